The molecule has 3 atom stereocenters. The summed E-state index contributed by atoms with van der Waals surface area (Å²) in [4.78, 5) is 0.456. The number of unbranched alkanes of at least 4 members (excludes halogenated alkanes) is 1. The highest BCUT2D eigenvalue weighted by Gasteiger charge is 2.38. The Hall–Kier alpha value is -1.59. The Morgan fingerprint density at radius 1 is 1.15 bits per heavy atom. The average Bonchev–Trinajstić information content (AvgIpc) is 3.16. The van der Waals surface area contributed by atoms with Gasteiger partial charge in [-0.2, -0.15) is 0 Å². The number of sulfone groups is 1. The van der Waals surface area contributed by atoms with Crippen LogP contribution in [0.2, 0.25) is 0 Å². The summed E-state index contributed by atoms with van der Waals surface area (Å²) in [5, 5.41) is 3.68. The van der Waals surface area contributed by atoms with Crippen molar-refractivity contribution in [1.82, 2.24) is 0 Å². The minimum Gasteiger partial charge on any atom is -0.378 e. The summed E-state index contributed by atoms with van der Waals surface area (Å²) in [6.45, 7) is 2.02. The number of fused-ring (bicyclic) bond motifs is 3. The van der Waals surface area contributed by atoms with Gasteiger partial charge in [0.05, 0.1) is 16.7 Å². The van der Waals surface area contributed by atoms with Crippen molar-refractivity contribution in [2.24, 2.45) is 5.92 Å². The maximum absolute atomic E-state index is 12.6. The van der Waals surface area contributed by atoms with Crippen LogP contribution < -0.4 is 5.32 Å². The molecule has 0 bridgehead atoms. The van der Waals surface area contributed by atoms with Crippen molar-refractivity contribution in [3.8, 4) is 0 Å². The van der Waals surface area contributed by atoms with Gasteiger partial charge in [0.25, 0.3) is 0 Å². The Morgan fingerprint density at radius 3 is 2.67 bits per heavy atom. The first kappa shape index (κ1) is 18.8. The summed E-state index contributed by atoms with van der Waals surface area (Å²) in [6.07, 6.45) is 7.07. The minimum absolute atomic E-state index is 0.223. The van der Waals surface area contributed by atoms with E-state index >= 15 is 0 Å². The lowest BCUT2D eigenvalue weighted by atomic mass is 9.77. The van der Waals surface area contributed by atoms with Crippen LogP contribution in [-0.2, 0) is 9.84 Å². The van der Waals surface area contributed by atoms with Crippen LogP contribution in [0.3, 0.4) is 0 Å². The van der Waals surface area contributed by atoms with E-state index in [0.29, 0.717) is 17.2 Å². The lowest BCUT2D eigenvalue weighted by molar-refractivity contribution is 0.425. The molecule has 0 saturated carbocycles. The Kier molecular flexibility index (Phi) is 5.17. The molecule has 1 N–H and O–H groups in total. The highest BCUT2D eigenvalue weighted by atomic mass is 79.9. The topological polar surface area (TPSA) is 46.2 Å². The molecule has 0 saturated heterocycles. The first-order valence-electron chi connectivity index (χ1n) is 9.55. The molecule has 4 rings (SSSR count). The summed E-state index contributed by atoms with van der Waals surface area (Å²) in [6, 6.07) is 14.3. The van der Waals surface area contributed by atoms with E-state index in [-0.39, 0.29) is 17.7 Å². The van der Waals surface area contributed by atoms with Gasteiger partial charge in [0.15, 0.2) is 9.84 Å². The van der Waals surface area contributed by atoms with E-state index in [0.717, 1.165) is 28.6 Å². The van der Waals surface area contributed by atoms with Crippen LogP contribution >= 0.6 is 15.9 Å². The van der Waals surface area contributed by atoms with Crippen LogP contribution in [0.1, 0.15) is 49.3 Å². The summed E-state index contributed by atoms with van der Waals surface area (Å²) in [5.74, 6) is 0.893. The predicted molar refractivity (Wildman–Crippen MR) is 114 cm³/mol. The van der Waals surface area contributed by atoms with Crippen LogP contribution in [0.5, 0.6) is 0 Å². The second kappa shape index (κ2) is 7.44. The van der Waals surface area contributed by atoms with E-state index in [1.54, 1.807) is 6.07 Å². The number of nitrogens with one attached hydrogen (secondary N) is 1. The normalized spacial score (nSPS) is 23.6. The number of rotatable bonds is 5. The summed E-state index contributed by atoms with van der Waals surface area (Å²) in [5.41, 5.74) is 3.42. The lowest BCUT2D eigenvalue weighted by Gasteiger charge is -2.37. The smallest absolute Gasteiger partial charge is 0.178 e. The van der Waals surface area contributed by atoms with E-state index < -0.39 is 9.84 Å². The summed E-state index contributed by atoms with van der Waals surface area (Å²) >= 11 is 3.51. The van der Waals surface area contributed by atoms with Crippen LogP contribution in [0.4, 0.5) is 5.69 Å². The molecule has 1 heterocycles. The molecule has 0 amide bonds. The lowest BCUT2D eigenvalue weighted by Crippen LogP contribution is -2.29. The number of halogens is 1. The fourth-order valence-electron chi connectivity index (χ4n) is 4.22. The number of hydrogen-bond donors (Lipinski definition) is 1. The van der Waals surface area contributed by atoms with Crippen molar-refractivity contribution in [2.45, 2.75) is 43.0 Å². The third-order valence-corrected chi connectivity index (χ3v) is 8.02. The number of anilines is 1. The van der Waals surface area contributed by atoms with Gasteiger partial charge in [0.2, 0.25) is 0 Å². The molecule has 1 aliphatic carbocycles. The molecule has 2 aromatic rings. The van der Waals surface area contributed by atoms with Gasteiger partial charge in [0.1, 0.15) is 0 Å². The van der Waals surface area contributed by atoms with E-state index in [4.69, 9.17) is 0 Å². The molecule has 0 aromatic heterocycles. The fourth-order valence-corrected chi connectivity index (χ4v) is 5.97. The van der Waals surface area contributed by atoms with Crippen LogP contribution in [0.15, 0.2) is 64.0 Å². The first-order valence-corrected chi connectivity index (χ1v) is 12.0. The number of allylic oxidation sites excluding steroid dienone is 2. The van der Waals surface area contributed by atoms with E-state index in [1.165, 1.54) is 5.56 Å². The quantitative estimate of drug-likeness (QED) is 0.586. The van der Waals surface area contributed by atoms with Gasteiger partial charge in [0, 0.05) is 16.1 Å². The van der Waals surface area contributed by atoms with Crippen molar-refractivity contribution in [1.29, 1.82) is 0 Å². The van der Waals surface area contributed by atoms with Crippen LogP contribution in [-0.4, -0.2) is 14.2 Å². The van der Waals surface area contributed by atoms with Gasteiger partial charge in [-0.25, -0.2) is 8.42 Å². The van der Waals surface area contributed by atoms with Gasteiger partial charge in [-0.3, -0.25) is 0 Å². The molecular formula is C22H24BrNO2S. The minimum atomic E-state index is -3.21. The van der Waals surface area contributed by atoms with Crippen molar-refractivity contribution in [3.05, 3.63) is 70.2 Å². The molecule has 5 heteroatoms. The molecule has 1 aliphatic heterocycles. The van der Waals surface area contributed by atoms with E-state index in [1.807, 2.05) is 19.1 Å². The number of hydrogen-bond acceptors (Lipinski definition) is 3. The van der Waals surface area contributed by atoms with Gasteiger partial charge in [-0.05, 0) is 60.2 Å². The Morgan fingerprint density at radius 2 is 1.93 bits per heavy atom. The third kappa shape index (κ3) is 3.59. The second-order valence-electron chi connectivity index (χ2n) is 7.45. The molecule has 2 aromatic carbocycles. The monoisotopic (exact) mass is 445 g/mol. The zero-order valence-corrected chi connectivity index (χ0v) is 17.8. The predicted octanol–water partition coefficient (Wildman–Crippen LogP) is 5.85. The highest BCUT2D eigenvalue weighted by Crippen LogP contribution is 2.50. The third-order valence-electron chi connectivity index (χ3n) is 5.69. The zero-order valence-electron chi connectivity index (χ0n) is 15.4. The Balaban J connectivity index is 1.70. The summed E-state index contributed by atoms with van der Waals surface area (Å²) in [7, 11) is -3.21. The van der Waals surface area contributed by atoms with Crippen molar-refractivity contribution < 1.29 is 8.42 Å². The molecule has 142 valence electrons. The van der Waals surface area contributed by atoms with Gasteiger partial charge in [-0.1, -0.05) is 53.6 Å². The molecule has 0 radical (unpaired) electrons. The fraction of sp³-hybridized carbons (Fsp3) is 0.364. The van der Waals surface area contributed by atoms with Crippen molar-refractivity contribution >= 4 is 31.5 Å². The molecule has 0 unspecified atom stereocenters. The maximum atomic E-state index is 12.6. The molecule has 0 fully saturated rings. The van der Waals surface area contributed by atoms with Gasteiger partial charge < -0.3 is 5.32 Å². The SMILES string of the molecule is CCCCS(=O)(=O)c1ccc2c(c1)[C@H]1C=CC[C@H]1[C@H](c1ccc(Br)cc1)N2. The second-order valence-corrected chi connectivity index (χ2v) is 10.5. The average molecular weight is 446 g/mol. The van der Waals surface area contributed by atoms with Crippen LogP contribution in [0.25, 0.3) is 0 Å². The standard InChI is InChI=1S/C22H24BrNO2S/c1-2-3-13-27(25,26)17-11-12-21-20(14-17)18-5-4-6-19(18)22(24-21)15-7-9-16(23)10-8-15/h4-5,7-12,14,18-19,22,24H,2-3,6,13H2,1H3/t18-,19+,22-/m0/s1. The highest BCUT2D eigenvalue weighted by molar-refractivity contribution is 9.10. The molecule has 3 nitrogen and oxygen atoms in total. The largest absolute Gasteiger partial charge is 0.378 e. The molecule has 0 spiro atoms. The van der Waals surface area contributed by atoms with E-state index in [9.17, 15) is 8.42 Å². The molecule has 2 aliphatic rings. The van der Waals surface area contributed by atoms with Crippen LogP contribution in [0, 0.1) is 5.92 Å². The first-order chi connectivity index (χ1) is 13.0. The Labute approximate surface area is 169 Å². The molecular weight excluding hydrogens is 422 g/mol. The van der Waals surface area contributed by atoms with Gasteiger partial charge >= 0.3 is 0 Å². The zero-order chi connectivity index (χ0) is 19.0. The Bertz CT molecular complexity index is 966. The number of benzene rings is 2. The van der Waals surface area contributed by atoms with Crippen molar-refractivity contribution in [2.75, 3.05) is 11.1 Å². The van der Waals surface area contributed by atoms with Gasteiger partial charge in [-0.15, -0.1) is 0 Å². The van der Waals surface area contributed by atoms with Crippen molar-refractivity contribution in [3.63, 3.8) is 0 Å². The molecule has 27 heavy (non-hydrogen) atoms. The van der Waals surface area contributed by atoms with E-state index in [2.05, 4.69) is 57.7 Å². The maximum Gasteiger partial charge on any atom is 0.178 e. The summed E-state index contributed by atoms with van der Waals surface area (Å²) < 4.78 is 26.4.